The molecule has 0 aliphatic heterocycles. The minimum atomic E-state index is -0.0433. The van der Waals surface area contributed by atoms with Crippen LogP contribution in [0.2, 0.25) is 0 Å². The first-order chi connectivity index (χ1) is 8.33. The Morgan fingerprint density at radius 1 is 0.947 bits per heavy atom. The minimum Gasteiger partial charge on any atom is -0.388 e. The molecule has 0 aromatic carbocycles. The lowest BCUT2D eigenvalue weighted by molar-refractivity contribution is 0.157. The Bertz CT molecular complexity index is 330. The number of hydrogen-bond acceptors (Lipinski definition) is 2. The molecule has 0 fully saturated rings. The van der Waals surface area contributed by atoms with Gasteiger partial charge < -0.3 is 10.6 Å². The number of hydrogen-bond donors (Lipinski definition) is 2. The largest absolute Gasteiger partial charge is 0.388 e. The third-order valence-electron chi connectivity index (χ3n) is 4.27. The van der Waals surface area contributed by atoms with Crippen LogP contribution < -0.4 is 10.6 Å². The van der Waals surface area contributed by atoms with Crippen LogP contribution in [0.25, 0.3) is 0 Å². The standard InChI is InChI=1S/C17H34N2/c1-11-13(2)18-12-16(7,8)17(9,10)19-14(3)15(4,5)6/h18-19H,2-3,11-12H2,1,4-10H3. The van der Waals surface area contributed by atoms with Crippen LogP contribution in [0.4, 0.5) is 0 Å². The van der Waals surface area contributed by atoms with Gasteiger partial charge in [0.15, 0.2) is 0 Å². The quantitative estimate of drug-likeness (QED) is 0.711. The Morgan fingerprint density at radius 3 is 1.79 bits per heavy atom. The number of rotatable bonds is 7. The van der Waals surface area contributed by atoms with E-state index in [0.717, 1.165) is 24.4 Å². The molecule has 19 heavy (non-hydrogen) atoms. The maximum absolute atomic E-state index is 4.19. The van der Waals surface area contributed by atoms with Gasteiger partial charge in [0.25, 0.3) is 0 Å². The Hall–Kier alpha value is -0.920. The van der Waals surface area contributed by atoms with Crippen LogP contribution in [0.3, 0.4) is 0 Å². The van der Waals surface area contributed by atoms with Crippen molar-refractivity contribution in [2.24, 2.45) is 10.8 Å². The Kier molecular flexibility index (Phi) is 5.73. The van der Waals surface area contributed by atoms with Crippen molar-refractivity contribution in [1.82, 2.24) is 10.6 Å². The van der Waals surface area contributed by atoms with E-state index in [4.69, 9.17) is 0 Å². The lowest BCUT2D eigenvalue weighted by atomic mass is 9.73. The van der Waals surface area contributed by atoms with Crippen LogP contribution in [0, 0.1) is 10.8 Å². The summed E-state index contributed by atoms with van der Waals surface area (Å²) < 4.78 is 0. The van der Waals surface area contributed by atoms with Crippen molar-refractivity contribution in [2.75, 3.05) is 6.54 Å². The van der Waals surface area contributed by atoms with Gasteiger partial charge in [-0.25, -0.2) is 0 Å². The summed E-state index contributed by atoms with van der Waals surface area (Å²) in [5.41, 5.74) is 2.30. The molecule has 0 aliphatic carbocycles. The van der Waals surface area contributed by atoms with Crippen LogP contribution in [0.5, 0.6) is 0 Å². The highest BCUT2D eigenvalue weighted by Gasteiger charge is 2.38. The van der Waals surface area contributed by atoms with E-state index in [1.165, 1.54) is 0 Å². The number of allylic oxidation sites excluding steroid dienone is 2. The smallest absolute Gasteiger partial charge is 0.0382 e. The summed E-state index contributed by atoms with van der Waals surface area (Å²) in [5.74, 6) is 0. The Morgan fingerprint density at radius 2 is 1.42 bits per heavy atom. The molecule has 0 atom stereocenters. The Balaban J connectivity index is 4.77. The highest BCUT2D eigenvalue weighted by molar-refractivity contribution is 5.10. The fraction of sp³-hybridized carbons (Fsp3) is 0.765. The van der Waals surface area contributed by atoms with E-state index in [1.54, 1.807) is 0 Å². The predicted octanol–water partition coefficient (Wildman–Crippen LogP) is 4.45. The van der Waals surface area contributed by atoms with Gasteiger partial charge in [-0.15, -0.1) is 0 Å². The molecule has 0 rings (SSSR count). The topological polar surface area (TPSA) is 24.1 Å². The zero-order valence-electron chi connectivity index (χ0n) is 14.3. The molecule has 2 nitrogen and oxygen atoms in total. The van der Waals surface area contributed by atoms with Crippen molar-refractivity contribution in [3.8, 4) is 0 Å². The molecule has 0 heterocycles. The maximum Gasteiger partial charge on any atom is 0.0382 e. The first kappa shape index (κ1) is 18.1. The summed E-state index contributed by atoms with van der Waals surface area (Å²) >= 11 is 0. The molecule has 0 radical (unpaired) electrons. The van der Waals surface area contributed by atoms with Crippen LogP contribution in [-0.4, -0.2) is 12.1 Å². The average Bonchev–Trinajstić information content (AvgIpc) is 2.23. The van der Waals surface area contributed by atoms with Gasteiger partial charge in [0.1, 0.15) is 0 Å². The molecule has 2 N–H and O–H groups in total. The van der Waals surface area contributed by atoms with Gasteiger partial charge >= 0.3 is 0 Å². The molecule has 0 unspecified atom stereocenters. The molecule has 0 saturated heterocycles. The average molecular weight is 266 g/mol. The second-order valence-electron chi connectivity index (χ2n) is 7.67. The molecule has 0 saturated carbocycles. The third kappa shape index (κ3) is 5.30. The molecule has 2 heteroatoms. The van der Waals surface area contributed by atoms with E-state index in [9.17, 15) is 0 Å². The fourth-order valence-corrected chi connectivity index (χ4v) is 1.43. The number of nitrogens with one attached hydrogen (secondary N) is 2. The van der Waals surface area contributed by atoms with E-state index in [1.807, 2.05) is 0 Å². The molecule has 0 aromatic rings. The van der Waals surface area contributed by atoms with Crippen molar-refractivity contribution in [1.29, 1.82) is 0 Å². The third-order valence-corrected chi connectivity index (χ3v) is 4.27. The predicted molar refractivity (Wildman–Crippen MR) is 87.0 cm³/mol. The maximum atomic E-state index is 4.19. The fourth-order valence-electron chi connectivity index (χ4n) is 1.43. The van der Waals surface area contributed by atoms with E-state index in [-0.39, 0.29) is 16.4 Å². The van der Waals surface area contributed by atoms with E-state index < -0.39 is 0 Å². The lowest BCUT2D eigenvalue weighted by Crippen LogP contribution is -2.55. The molecule has 0 aliphatic rings. The van der Waals surface area contributed by atoms with Gasteiger partial charge in [-0.1, -0.05) is 54.7 Å². The van der Waals surface area contributed by atoms with Crippen molar-refractivity contribution in [2.45, 2.75) is 67.3 Å². The summed E-state index contributed by atoms with van der Waals surface area (Å²) in [4.78, 5) is 0. The molecule has 0 amide bonds. The zero-order valence-corrected chi connectivity index (χ0v) is 14.3. The molecule has 0 aromatic heterocycles. The van der Waals surface area contributed by atoms with Crippen LogP contribution in [0.15, 0.2) is 24.6 Å². The van der Waals surface area contributed by atoms with Crippen molar-refractivity contribution in [3.05, 3.63) is 24.6 Å². The molecule has 0 bridgehead atoms. The highest BCUT2D eigenvalue weighted by Crippen LogP contribution is 2.33. The van der Waals surface area contributed by atoms with Gasteiger partial charge in [-0.2, -0.15) is 0 Å². The summed E-state index contributed by atoms with van der Waals surface area (Å²) in [6, 6.07) is 0. The van der Waals surface area contributed by atoms with Crippen molar-refractivity contribution < 1.29 is 0 Å². The van der Waals surface area contributed by atoms with E-state index in [2.05, 4.69) is 79.2 Å². The van der Waals surface area contributed by atoms with E-state index in [0.29, 0.717) is 0 Å². The van der Waals surface area contributed by atoms with Crippen LogP contribution in [-0.2, 0) is 0 Å². The molecule has 0 spiro atoms. The Labute approximate surface area is 120 Å². The normalized spacial score (nSPS) is 13.1. The van der Waals surface area contributed by atoms with Gasteiger partial charge in [0.05, 0.1) is 0 Å². The van der Waals surface area contributed by atoms with Gasteiger partial charge in [-0.05, 0) is 20.3 Å². The van der Waals surface area contributed by atoms with Gasteiger partial charge in [0, 0.05) is 34.3 Å². The first-order valence-electron chi connectivity index (χ1n) is 7.22. The summed E-state index contributed by atoms with van der Waals surface area (Å²) in [6.07, 6.45) is 0.971. The summed E-state index contributed by atoms with van der Waals surface area (Å²) in [5, 5.41) is 7.04. The molecular formula is C17H34N2. The second-order valence-corrected chi connectivity index (χ2v) is 7.67. The summed E-state index contributed by atoms with van der Waals surface area (Å²) in [6.45, 7) is 26.8. The van der Waals surface area contributed by atoms with Crippen LogP contribution >= 0.6 is 0 Å². The van der Waals surface area contributed by atoms with Crippen LogP contribution in [0.1, 0.15) is 61.8 Å². The van der Waals surface area contributed by atoms with Crippen molar-refractivity contribution in [3.63, 3.8) is 0 Å². The molecular weight excluding hydrogens is 232 g/mol. The van der Waals surface area contributed by atoms with Gasteiger partial charge in [-0.3, -0.25) is 0 Å². The summed E-state index contributed by atoms with van der Waals surface area (Å²) in [7, 11) is 0. The SMILES string of the molecule is C=C(CC)NCC(C)(C)C(C)(C)NC(=C)C(C)(C)C. The van der Waals surface area contributed by atoms with E-state index >= 15 is 0 Å². The first-order valence-corrected chi connectivity index (χ1v) is 7.22. The van der Waals surface area contributed by atoms with Crippen molar-refractivity contribution >= 4 is 0 Å². The second kappa shape index (κ2) is 6.02. The molecule has 112 valence electrons. The monoisotopic (exact) mass is 266 g/mol. The van der Waals surface area contributed by atoms with Gasteiger partial charge in [0.2, 0.25) is 0 Å². The lowest BCUT2D eigenvalue weighted by Gasteiger charge is -2.45. The zero-order chi connectivity index (χ0) is 15.5. The highest BCUT2D eigenvalue weighted by atomic mass is 15.0. The minimum absolute atomic E-state index is 0.0433.